The van der Waals surface area contributed by atoms with E-state index < -0.39 is 17.5 Å². The van der Waals surface area contributed by atoms with Gasteiger partial charge in [0.15, 0.2) is 5.82 Å². The summed E-state index contributed by atoms with van der Waals surface area (Å²) < 4.78 is 38.5. The smallest absolute Gasteiger partial charge is 0.390 e. The van der Waals surface area contributed by atoms with Crippen molar-refractivity contribution >= 4 is 5.95 Å². The third kappa shape index (κ3) is 3.71. The molecule has 1 N–H and O–H groups in total. The molecule has 6 nitrogen and oxygen atoms in total. The van der Waals surface area contributed by atoms with E-state index in [4.69, 9.17) is 0 Å². The van der Waals surface area contributed by atoms with Crippen molar-refractivity contribution in [3.63, 3.8) is 0 Å². The number of aromatic nitrogens is 4. The zero-order valence-electron chi connectivity index (χ0n) is 14.0. The number of pyridine rings is 1. The first-order chi connectivity index (χ1) is 11.5. The van der Waals surface area contributed by atoms with Gasteiger partial charge < -0.3 is 10.0 Å². The first kappa shape index (κ1) is 17.5. The van der Waals surface area contributed by atoms with Crippen LogP contribution >= 0.6 is 0 Å². The molecule has 0 amide bonds. The predicted octanol–water partition coefficient (Wildman–Crippen LogP) is 2.47. The highest BCUT2D eigenvalue weighted by molar-refractivity contribution is 5.52. The number of rotatable bonds is 3. The van der Waals surface area contributed by atoms with Gasteiger partial charge >= 0.3 is 6.18 Å². The maximum Gasteiger partial charge on any atom is 0.433 e. The molecule has 0 aliphatic carbocycles. The van der Waals surface area contributed by atoms with Crippen LogP contribution in [-0.2, 0) is 6.18 Å². The maximum absolute atomic E-state index is 12.8. The van der Waals surface area contributed by atoms with Crippen LogP contribution in [0.2, 0.25) is 0 Å². The van der Waals surface area contributed by atoms with E-state index in [0.29, 0.717) is 24.9 Å². The summed E-state index contributed by atoms with van der Waals surface area (Å²) in [6, 6.07) is 3.61. The highest BCUT2D eigenvalue weighted by atomic mass is 19.4. The summed E-state index contributed by atoms with van der Waals surface area (Å²) in [5.74, 6) is 0.952. The second kappa shape index (κ2) is 5.91. The summed E-state index contributed by atoms with van der Waals surface area (Å²) in [6.45, 7) is 6.28. The van der Waals surface area contributed by atoms with E-state index in [1.807, 2.05) is 4.90 Å². The number of aryl methyl sites for hydroxylation is 1. The second-order valence-corrected chi connectivity index (χ2v) is 6.67. The number of hydrogen-bond acceptors (Lipinski definition) is 6. The van der Waals surface area contributed by atoms with Gasteiger partial charge in [0.05, 0.1) is 5.60 Å². The van der Waals surface area contributed by atoms with Crippen molar-refractivity contribution < 1.29 is 18.3 Å². The lowest BCUT2D eigenvalue weighted by Gasteiger charge is -2.45. The van der Waals surface area contributed by atoms with Gasteiger partial charge in [0, 0.05) is 19.0 Å². The van der Waals surface area contributed by atoms with Gasteiger partial charge in [-0.2, -0.15) is 23.1 Å². The normalized spacial score (nSPS) is 16.0. The quantitative estimate of drug-likeness (QED) is 0.914. The highest BCUT2D eigenvalue weighted by Gasteiger charge is 2.39. The van der Waals surface area contributed by atoms with Crippen LogP contribution in [0, 0.1) is 12.8 Å². The Balaban J connectivity index is 1.89. The Morgan fingerprint density at radius 1 is 1.08 bits per heavy atom. The van der Waals surface area contributed by atoms with E-state index in [2.05, 4.69) is 19.9 Å². The van der Waals surface area contributed by atoms with Crippen LogP contribution in [0.3, 0.4) is 0 Å². The molecule has 3 rings (SSSR count). The average molecular weight is 353 g/mol. The van der Waals surface area contributed by atoms with Crippen LogP contribution in [0.25, 0.3) is 11.5 Å². The van der Waals surface area contributed by atoms with Gasteiger partial charge in [-0.15, -0.1) is 0 Å². The fourth-order valence-corrected chi connectivity index (χ4v) is 2.53. The third-order valence-electron chi connectivity index (χ3n) is 4.17. The van der Waals surface area contributed by atoms with Crippen LogP contribution in [0.4, 0.5) is 19.1 Å². The van der Waals surface area contributed by atoms with E-state index in [0.717, 1.165) is 6.07 Å². The van der Waals surface area contributed by atoms with Crippen molar-refractivity contribution in [3.05, 3.63) is 29.7 Å². The van der Waals surface area contributed by atoms with Crippen molar-refractivity contribution in [1.82, 2.24) is 19.9 Å². The largest absolute Gasteiger partial charge is 0.433 e. The predicted molar refractivity (Wildman–Crippen MR) is 84.8 cm³/mol. The number of hydrogen-bond donors (Lipinski definition) is 1. The second-order valence-electron chi connectivity index (χ2n) is 6.67. The molecular weight excluding hydrogens is 335 g/mol. The van der Waals surface area contributed by atoms with Gasteiger partial charge in [-0.1, -0.05) is 6.07 Å². The van der Waals surface area contributed by atoms with Crippen molar-refractivity contribution in [3.8, 4) is 11.5 Å². The molecule has 134 valence electrons. The Kier molecular flexibility index (Phi) is 4.14. The Morgan fingerprint density at radius 3 is 2.36 bits per heavy atom. The van der Waals surface area contributed by atoms with Crippen molar-refractivity contribution in [2.45, 2.75) is 32.5 Å². The molecule has 1 aliphatic rings. The summed E-state index contributed by atoms with van der Waals surface area (Å²) in [4.78, 5) is 18.1. The van der Waals surface area contributed by atoms with E-state index in [1.165, 1.54) is 12.1 Å². The van der Waals surface area contributed by atoms with E-state index >= 15 is 0 Å². The molecule has 2 aromatic rings. The summed E-state index contributed by atoms with van der Waals surface area (Å²) in [5.41, 5.74) is -1.75. The lowest BCUT2D eigenvalue weighted by atomic mass is 9.85. The molecule has 0 atom stereocenters. The van der Waals surface area contributed by atoms with Crippen molar-refractivity contribution in [2.24, 2.45) is 5.92 Å². The number of nitrogens with zero attached hydrogens (tertiary/aromatic N) is 5. The molecule has 0 spiro atoms. The Morgan fingerprint density at radius 2 is 1.76 bits per heavy atom. The fourth-order valence-electron chi connectivity index (χ4n) is 2.53. The molecule has 2 aromatic heterocycles. The average Bonchev–Trinajstić information content (AvgIpc) is 2.43. The standard InChI is InChI=1S/C16H18F3N5O/c1-9-20-13(11-5-4-6-12(22-11)16(17,18)19)23-14(21-9)24-7-10(8-24)15(2,3)25/h4-6,10,25H,7-8H2,1-3H3. The fraction of sp³-hybridized carbons (Fsp3) is 0.500. The molecule has 25 heavy (non-hydrogen) atoms. The molecule has 1 aliphatic heterocycles. The first-order valence-electron chi connectivity index (χ1n) is 7.78. The van der Waals surface area contributed by atoms with Gasteiger partial charge in [-0.05, 0) is 32.9 Å². The number of alkyl halides is 3. The molecule has 1 fully saturated rings. The minimum absolute atomic E-state index is 0.0427. The summed E-state index contributed by atoms with van der Waals surface area (Å²) in [6.07, 6.45) is -4.53. The van der Waals surface area contributed by atoms with Crippen LogP contribution < -0.4 is 4.90 Å². The summed E-state index contributed by atoms with van der Waals surface area (Å²) >= 11 is 0. The molecule has 0 aromatic carbocycles. The number of aliphatic hydroxyl groups is 1. The van der Waals surface area contributed by atoms with Crippen molar-refractivity contribution in [1.29, 1.82) is 0 Å². The highest BCUT2D eigenvalue weighted by Crippen LogP contribution is 2.31. The zero-order valence-corrected chi connectivity index (χ0v) is 14.0. The van der Waals surface area contributed by atoms with Gasteiger partial charge in [0.2, 0.25) is 5.95 Å². The van der Waals surface area contributed by atoms with Crippen LogP contribution in [0.15, 0.2) is 18.2 Å². The summed E-state index contributed by atoms with van der Waals surface area (Å²) in [5, 5.41) is 10.00. The zero-order chi connectivity index (χ0) is 18.4. The Hall–Kier alpha value is -2.29. The first-order valence-corrected chi connectivity index (χ1v) is 7.78. The van der Waals surface area contributed by atoms with Gasteiger partial charge in [-0.3, -0.25) is 0 Å². The third-order valence-corrected chi connectivity index (χ3v) is 4.17. The molecule has 3 heterocycles. The van der Waals surface area contributed by atoms with Gasteiger partial charge in [-0.25, -0.2) is 9.97 Å². The van der Waals surface area contributed by atoms with Crippen molar-refractivity contribution in [2.75, 3.05) is 18.0 Å². The molecule has 0 saturated carbocycles. The Bertz CT molecular complexity index is 782. The lowest BCUT2D eigenvalue weighted by molar-refractivity contribution is -0.141. The van der Waals surface area contributed by atoms with Gasteiger partial charge in [0.25, 0.3) is 0 Å². The molecule has 0 radical (unpaired) electrons. The maximum atomic E-state index is 12.8. The molecular formula is C16H18F3N5O. The molecule has 0 bridgehead atoms. The minimum atomic E-state index is -4.53. The topological polar surface area (TPSA) is 75.0 Å². The Labute approximate surface area is 142 Å². The van der Waals surface area contributed by atoms with Crippen LogP contribution in [0.1, 0.15) is 25.4 Å². The number of anilines is 1. The summed E-state index contributed by atoms with van der Waals surface area (Å²) in [7, 11) is 0. The van der Waals surface area contributed by atoms with E-state index in [1.54, 1.807) is 20.8 Å². The lowest BCUT2D eigenvalue weighted by Crippen LogP contribution is -2.56. The van der Waals surface area contributed by atoms with Gasteiger partial charge in [0.1, 0.15) is 17.2 Å². The number of halogens is 3. The molecule has 1 saturated heterocycles. The SMILES string of the molecule is Cc1nc(-c2cccc(C(F)(F)F)n2)nc(N2CC(C(C)(C)O)C2)n1. The molecule has 0 unspecified atom stereocenters. The monoisotopic (exact) mass is 353 g/mol. The molecule has 9 heteroatoms. The minimum Gasteiger partial charge on any atom is -0.390 e. The van der Waals surface area contributed by atoms with Crippen LogP contribution in [0.5, 0.6) is 0 Å². The van der Waals surface area contributed by atoms with Crippen LogP contribution in [-0.4, -0.2) is 43.7 Å². The van der Waals surface area contributed by atoms with E-state index in [-0.39, 0.29) is 17.4 Å². The van der Waals surface area contributed by atoms with E-state index in [9.17, 15) is 18.3 Å².